The number of benzene rings is 2. The minimum Gasteiger partial charge on any atom is -0.494 e. The average molecular weight is 452 g/mol. The Morgan fingerprint density at radius 1 is 1.22 bits per heavy atom. The highest BCUT2D eigenvalue weighted by atomic mass is 35.5. The van der Waals surface area contributed by atoms with Crippen LogP contribution in [0.3, 0.4) is 0 Å². The van der Waals surface area contributed by atoms with Crippen LogP contribution in [0.25, 0.3) is 22.2 Å². The van der Waals surface area contributed by atoms with E-state index >= 15 is 0 Å². The minimum atomic E-state index is 0.248. The van der Waals surface area contributed by atoms with E-state index in [1.54, 1.807) is 0 Å². The van der Waals surface area contributed by atoms with E-state index in [-0.39, 0.29) is 5.88 Å². The molecular weight excluding hydrogens is 426 g/mol. The van der Waals surface area contributed by atoms with E-state index in [2.05, 4.69) is 27.3 Å². The fourth-order valence-corrected chi connectivity index (χ4v) is 4.49. The Bertz CT molecular complexity index is 1250. The first-order valence-electron chi connectivity index (χ1n) is 10.8. The van der Waals surface area contributed by atoms with Crippen LogP contribution < -0.4 is 5.32 Å². The molecule has 2 aromatic heterocycles. The van der Waals surface area contributed by atoms with Crippen LogP contribution >= 0.6 is 11.6 Å². The smallest absolute Gasteiger partial charge is 0.258 e. The quantitative estimate of drug-likeness (QED) is 0.473. The molecule has 0 saturated carbocycles. The summed E-state index contributed by atoms with van der Waals surface area (Å²) in [6, 6.07) is 12.1. The van der Waals surface area contributed by atoms with Gasteiger partial charge in [-0.15, -0.1) is 0 Å². The number of hydrogen-bond donors (Lipinski definition) is 2. The van der Waals surface area contributed by atoms with E-state index in [1.807, 2.05) is 54.1 Å². The van der Waals surface area contributed by atoms with Gasteiger partial charge in [-0.25, -0.2) is 0 Å². The van der Waals surface area contributed by atoms with E-state index in [1.165, 1.54) is 0 Å². The Morgan fingerprint density at radius 3 is 2.81 bits per heavy atom. The van der Waals surface area contributed by atoms with Gasteiger partial charge in [0, 0.05) is 53.2 Å². The van der Waals surface area contributed by atoms with Gasteiger partial charge in [0.1, 0.15) is 0 Å². The number of aromatic hydroxyl groups is 1. The molecule has 0 aliphatic carbocycles. The summed E-state index contributed by atoms with van der Waals surface area (Å²) in [5.74, 6) is 1.44. The molecule has 7 nitrogen and oxygen atoms in total. The van der Waals surface area contributed by atoms with Crippen molar-refractivity contribution >= 4 is 22.4 Å². The standard InChI is InChI=1S/C24H26ClN5O2/c1-15-9-18(23-27-21(28-32-23)14-29-8-7-26-11-16(29)2)10-19-13-30(24(31)22(15)19)12-17-3-5-20(25)6-4-17/h3-6,9-10,13,16,26,31H,7-8,11-12,14H2,1-2H3/t16-/m1/s1. The maximum Gasteiger partial charge on any atom is 0.258 e. The minimum absolute atomic E-state index is 0.248. The lowest BCUT2D eigenvalue weighted by atomic mass is 10.1. The molecule has 3 heterocycles. The number of hydrogen-bond acceptors (Lipinski definition) is 6. The van der Waals surface area contributed by atoms with E-state index < -0.39 is 0 Å². The molecule has 0 radical (unpaired) electrons. The van der Waals surface area contributed by atoms with Gasteiger partial charge in [-0.1, -0.05) is 28.9 Å². The molecule has 0 amide bonds. The molecule has 166 valence electrons. The number of fused-ring (bicyclic) bond motifs is 1. The maximum atomic E-state index is 10.8. The van der Waals surface area contributed by atoms with E-state index in [4.69, 9.17) is 16.1 Å². The van der Waals surface area contributed by atoms with Gasteiger partial charge in [-0.3, -0.25) is 4.90 Å². The summed E-state index contributed by atoms with van der Waals surface area (Å²) in [6.07, 6.45) is 1.95. The summed E-state index contributed by atoms with van der Waals surface area (Å²) in [5.41, 5.74) is 2.87. The normalized spacial score (nSPS) is 17.3. The van der Waals surface area contributed by atoms with Crippen molar-refractivity contribution in [3.8, 4) is 17.3 Å². The summed E-state index contributed by atoms with van der Waals surface area (Å²) in [4.78, 5) is 7.00. The number of aryl methyl sites for hydroxylation is 1. The van der Waals surface area contributed by atoms with Crippen LogP contribution in [0.5, 0.6) is 5.88 Å². The Kier molecular flexibility index (Phi) is 5.63. The van der Waals surface area contributed by atoms with Crippen molar-refractivity contribution in [1.29, 1.82) is 0 Å². The number of aromatic nitrogens is 3. The zero-order valence-corrected chi connectivity index (χ0v) is 18.9. The number of halogens is 1. The largest absolute Gasteiger partial charge is 0.494 e. The Morgan fingerprint density at radius 2 is 2.03 bits per heavy atom. The molecule has 1 aliphatic rings. The summed E-state index contributed by atoms with van der Waals surface area (Å²) in [5, 5.41) is 20.9. The van der Waals surface area contributed by atoms with Crippen molar-refractivity contribution in [1.82, 2.24) is 24.9 Å². The van der Waals surface area contributed by atoms with Crippen LogP contribution in [0.2, 0.25) is 5.02 Å². The van der Waals surface area contributed by atoms with Gasteiger partial charge in [0.25, 0.3) is 5.89 Å². The topological polar surface area (TPSA) is 79.4 Å². The van der Waals surface area contributed by atoms with Crippen molar-refractivity contribution < 1.29 is 9.63 Å². The van der Waals surface area contributed by atoms with E-state index in [0.717, 1.165) is 47.1 Å². The highest BCUT2D eigenvalue weighted by Crippen LogP contribution is 2.34. The molecule has 2 aromatic carbocycles. The van der Waals surface area contributed by atoms with E-state index in [9.17, 15) is 5.11 Å². The molecule has 32 heavy (non-hydrogen) atoms. The molecular formula is C24H26ClN5O2. The number of nitrogens with zero attached hydrogens (tertiary/aromatic N) is 4. The van der Waals surface area contributed by atoms with Gasteiger partial charge in [0.2, 0.25) is 0 Å². The third-order valence-electron chi connectivity index (χ3n) is 6.12. The number of piperazine rings is 1. The van der Waals surface area contributed by atoms with Crippen molar-refractivity contribution in [2.75, 3.05) is 19.6 Å². The lowest BCUT2D eigenvalue weighted by molar-refractivity contribution is 0.160. The zero-order chi connectivity index (χ0) is 22.2. The molecule has 1 aliphatic heterocycles. The molecule has 0 unspecified atom stereocenters. The van der Waals surface area contributed by atoms with E-state index in [0.29, 0.717) is 35.9 Å². The van der Waals surface area contributed by atoms with Crippen molar-refractivity contribution in [2.45, 2.75) is 33.0 Å². The van der Waals surface area contributed by atoms with Crippen molar-refractivity contribution in [3.63, 3.8) is 0 Å². The molecule has 1 saturated heterocycles. The molecule has 1 atom stereocenters. The molecule has 5 rings (SSSR count). The van der Waals surface area contributed by atoms with Crippen molar-refractivity contribution in [3.05, 3.63) is 64.6 Å². The third kappa shape index (κ3) is 4.11. The summed E-state index contributed by atoms with van der Waals surface area (Å²) >= 11 is 5.99. The highest BCUT2D eigenvalue weighted by molar-refractivity contribution is 6.30. The molecule has 0 bridgehead atoms. The van der Waals surface area contributed by atoms with Crippen LogP contribution in [0, 0.1) is 6.92 Å². The van der Waals surface area contributed by atoms with Gasteiger partial charge >= 0.3 is 0 Å². The predicted molar refractivity (Wildman–Crippen MR) is 125 cm³/mol. The predicted octanol–water partition coefficient (Wildman–Crippen LogP) is 4.20. The van der Waals surface area contributed by atoms with Gasteiger partial charge in [0.15, 0.2) is 11.7 Å². The van der Waals surface area contributed by atoms with Gasteiger partial charge in [-0.2, -0.15) is 4.98 Å². The first-order valence-corrected chi connectivity index (χ1v) is 11.2. The Balaban J connectivity index is 1.42. The van der Waals surface area contributed by atoms with Gasteiger partial charge in [-0.05, 0) is 49.2 Å². The first kappa shape index (κ1) is 21.0. The number of nitrogens with one attached hydrogen (secondary N) is 1. The molecule has 0 spiro atoms. The van der Waals surface area contributed by atoms with Crippen LogP contribution in [0.15, 0.2) is 47.1 Å². The fourth-order valence-electron chi connectivity index (χ4n) is 4.36. The monoisotopic (exact) mass is 451 g/mol. The summed E-state index contributed by atoms with van der Waals surface area (Å²) in [7, 11) is 0. The maximum absolute atomic E-state index is 10.8. The first-order chi connectivity index (χ1) is 15.5. The van der Waals surface area contributed by atoms with Crippen molar-refractivity contribution in [2.24, 2.45) is 0 Å². The van der Waals surface area contributed by atoms with Crippen LogP contribution in [0.1, 0.15) is 23.9 Å². The Hall–Kier alpha value is -2.87. The fraction of sp³-hybridized carbons (Fsp3) is 0.333. The van der Waals surface area contributed by atoms with Gasteiger partial charge < -0.3 is 19.5 Å². The van der Waals surface area contributed by atoms with Crippen LogP contribution in [-0.2, 0) is 13.1 Å². The average Bonchev–Trinajstić information content (AvgIpc) is 3.36. The third-order valence-corrected chi connectivity index (χ3v) is 6.37. The SMILES string of the molecule is Cc1cc(-c2nc(CN3CCNC[C@H]3C)no2)cc2cn(Cc3ccc(Cl)cc3)c(O)c12. The lowest BCUT2D eigenvalue weighted by Gasteiger charge is -2.32. The number of rotatable bonds is 5. The summed E-state index contributed by atoms with van der Waals surface area (Å²) in [6.45, 7) is 8.32. The second-order valence-corrected chi connectivity index (χ2v) is 8.94. The molecule has 1 fully saturated rings. The highest BCUT2D eigenvalue weighted by Gasteiger charge is 2.21. The Labute approximate surface area is 191 Å². The van der Waals surface area contributed by atoms with Crippen LogP contribution in [0.4, 0.5) is 0 Å². The lowest BCUT2D eigenvalue weighted by Crippen LogP contribution is -2.49. The second kappa shape index (κ2) is 8.58. The molecule has 4 aromatic rings. The van der Waals surface area contributed by atoms with Gasteiger partial charge in [0.05, 0.1) is 13.1 Å². The molecule has 2 N–H and O–H groups in total. The second-order valence-electron chi connectivity index (χ2n) is 8.50. The summed E-state index contributed by atoms with van der Waals surface area (Å²) < 4.78 is 7.43. The zero-order valence-electron chi connectivity index (χ0n) is 18.2. The van der Waals surface area contributed by atoms with Crippen LogP contribution in [-0.4, -0.2) is 50.4 Å². The molecule has 8 heteroatoms.